The third kappa shape index (κ3) is 3.25. The van der Waals surface area contributed by atoms with Crippen molar-refractivity contribution in [1.29, 1.82) is 0 Å². The quantitative estimate of drug-likeness (QED) is 0.460. The summed E-state index contributed by atoms with van der Waals surface area (Å²) in [6.45, 7) is 1.87. The highest BCUT2D eigenvalue weighted by atomic mass is 16.6. The van der Waals surface area contributed by atoms with Gasteiger partial charge in [-0.25, -0.2) is 4.79 Å². The second-order valence-corrected chi connectivity index (χ2v) is 13.4. The number of benzene rings is 1. The zero-order valence-corrected chi connectivity index (χ0v) is 24.9. The third-order valence-corrected chi connectivity index (χ3v) is 12.1. The van der Waals surface area contributed by atoms with Crippen LogP contribution in [0.2, 0.25) is 0 Å². The van der Waals surface area contributed by atoms with Gasteiger partial charge >= 0.3 is 11.9 Å². The lowest BCUT2D eigenvalue weighted by molar-refractivity contribution is -0.264. The molecule has 10 heteroatoms. The molecule has 228 valence electrons. The van der Waals surface area contributed by atoms with Crippen molar-refractivity contribution in [2.45, 2.75) is 74.3 Å². The van der Waals surface area contributed by atoms with Crippen LogP contribution in [0.25, 0.3) is 0 Å². The maximum Gasteiger partial charge on any atom is 0.338 e. The molecule has 0 saturated heterocycles. The van der Waals surface area contributed by atoms with E-state index >= 15 is 0 Å². The molecule has 5 aliphatic carbocycles. The van der Waals surface area contributed by atoms with Crippen LogP contribution in [0.5, 0.6) is 0 Å². The Balaban J connectivity index is 1.47. The predicted molar refractivity (Wildman–Crippen MR) is 149 cm³/mol. The van der Waals surface area contributed by atoms with Crippen molar-refractivity contribution in [1.82, 2.24) is 0 Å². The first-order valence-corrected chi connectivity index (χ1v) is 15.0. The first-order chi connectivity index (χ1) is 20.2. The molecule has 1 N–H and O–H groups in total. The molecule has 5 saturated carbocycles. The number of aliphatic imine (C=N–C) groups is 1. The summed E-state index contributed by atoms with van der Waals surface area (Å²) >= 11 is 0. The Labute approximate surface area is 246 Å². The van der Waals surface area contributed by atoms with Gasteiger partial charge in [0.15, 0.2) is 0 Å². The minimum atomic E-state index is -1.50. The number of ether oxygens (including phenoxy) is 6. The summed E-state index contributed by atoms with van der Waals surface area (Å²) in [6, 6.07) is 8.48. The van der Waals surface area contributed by atoms with Crippen molar-refractivity contribution in [2.24, 2.45) is 39.5 Å². The standard InChI is InChI=1S/C32H41NO9/c1-17(34)42-31-14-21(39-4)30(36)13-19(22(31)27(30)41-28(35)18-9-7-6-8-10-18)32-20(38-3)11-12-29(16-37-2)15-33-26(32)23(31)24(40-5)25(29)32/h6-10,15,19-27,36H,11-14,16H2,1-5H3/t19-,20+,21+,22-,23+,24+,25-,26-,27-,29+,30-,31-,32+/m1/s1. The van der Waals surface area contributed by atoms with Gasteiger partial charge in [-0.3, -0.25) is 9.79 Å². The van der Waals surface area contributed by atoms with E-state index in [1.165, 1.54) is 6.92 Å². The molecule has 0 radical (unpaired) electrons. The van der Waals surface area contributed by atoms with Crippen molar-refractivity contribution in [2.75, 3.05) is 35.0 Å². The minimum Gasteiger partial charge on any atom is -0.458 e. The van der Waals surface area contributed by atoms with Gasteiger partial charge in [0.05, 0.1) is 36.5 Å². The number of methoxy groups -OCH3 is 4. The fraction of sp³-hybridized carbons (Fsp3) is 0.719. The molecule has 0 amide bonds. The molecule has 1 heterocycles. The number of esters is 2. The summed E-state index contributed by atoms with van der Waals surface area (Å²) in [5.41, 5.74) is -3.25. The Morgan fingerprint density at radius 2 is 1.74 bits per heavy atom. The number of hydrogen-bond acceptors (Lipinski definition) is 10. The zero-order valence-electron chi connectivity index (χ0n) is 24.9. The molecule has 0 unspecified atom stereocenters. The summed E-state index contributed by atoms with van der Waals surface area (Å²) in [6.07, 6.45) is 1.94. The van der Waals surface area contributed by atoms with E-state index in [2.05, 4.69) is 6.21 Å². The van der Waals surface area contributed by atoms with Crippen molar-refractivity contribution in [3.63, 3.8) is 0 Å². The van der Waals surface area contributed by atoms with E-state index in [-0.39, 0.29) is 42.4 Å². The Hall–Kier alpha value is -2.37. The average molecular weight is 584 g/mol. The van der Waals surface area contributed by atoms with Crippen LogP contribution in [-0.2, 0) is 33.2 Å². The van der Waals surface area contributed by atoms with Gasteiger partial charge in [-0.2, -0.15) is 0 Å². The molecule has 42 heavy (non-hydrogen) atoms. The maximum absolute atomic E-state index is 13.6. The van der Waals surface area contributed by atoms with E-state index < -0.39 is 52.1 Å². The lowest BCUT2D eigenvalue weighted by Gasteiger charge is -2.64. The monoisotopic (exact) mass is 583 g/mol. The molecule has 0 aromatic heterocycles. The smallest absolute Gasteiger partial charge is 0.338 e. The molecule has 7 bridgehead atoms. The van der Waals surface area contributed by atoms with Gasteiger partial charge in [-0.15, -0.1) is 0 Å². The largest absolute Gasteiger partial charge is 0.458 e. The van der Waals surface area contributed by atoms with Crippen LogP contribution in [0.15, 0.2) is 35.3 Å². The Kier molecular flexibility index (Phi) is 6.47. The molecule has 7 rings (SSSR count). The van der Waals surface area contributed by atoms with Crippen molar-refractivity contribution >= 4 is 18.2 Å². The van der Waals surface area contributed by atoms with Crippen LogP contribution >= 0.6 is 0 Å². The SMILES string of the molecule is COC[C@]12C=N[C@@H]3[C@@H]4[C@H](OC)[C@H]1[C@@]3([C@@H](OC)CC2)[C@@H]1C[C@@]2(O)[C@@H](OC)C[C@@]4(OC(C)=O)[C@H]1[C@H]2OC(=O)c1ccccc1. The lowest BCUT2D eigenvalue weighted by atomic mass is 9.44. The fourth-order valence-corrected chi connectivity index (χ4v) is 11.2. The summed E-state index contributed by atoms with van der Waals surface area (Å²) in [5, 5.41) is 12.6. The van der Waals surface area contributed by atoms with Crippen LogP contribution < -0.4 is 0 Å². The molecular formula is C32H41NO9. The van der Waals surface area contributed by atoms with Gasteiger partial charge in [-0.05, 0) is 37.3 Å². The molecule has 5 fully saturated rings. The van der Waals surface area contributed by atoms with Crippen LogP contribution in [0.3, 0.4) is 0 Å². The van der Waals surface area contributed by atoms with Crippen molar-refractivity contribution in [3.05, 3.63) is 35.9 Å². The highest BCUT2D eigenvalue weighted by Gasteiger charge is 2.89. The normalized spacial score (nSPS) is 49.0. The maximum atomic E-state index is 13.6. The highest BCUT2D eigenvalue weighted by Crippen LogP contribution is 2.79. The second-order valence-electron chi connectivity index (χ2n) is 13.4. The number of carbonyl (C=O) groups is 2. The zero-order chi connectivity index (χ0) is 29.7. The molecule has 1 aromatic carbocycles. The number of hydrogen-bond donors (Lipinski definition) is 1. The summed E-state index contributed by atoms with van der Waals surface area (Å²) < 4.78 is 37.4. The van der Waals surface area contributed by atoms with E-state index in [0.29, 0.717) is 18.6 Å². The van der Waals surface area contributed by atoms with Gasteiger partial charge in [-0.1, -0.05) is 18.2 Å². The van der Waals surface area contributed by atoms with Crippen LogP contribution in [-0.4, -0.2) is 100.0 Å². The van der Waals surface area contributed by atoms with Gasteiger partial charge in [0.25, 0.3) is 0 Å². The number of aliphatic hydroxyl groups is 1. The number of rotatable bonds is 8. The summed E-state index contributed by atoms with van der Waals surface area (Å²) in [7, 11) is 6.71. The Bertz CT molecular complexity index is 1290. The van der Waals surface area contributed by atoms with Crippen LogP contribution in [0.1, 0.15) is 43.0 Å². The van der Waals surface area contributed by atoms with Gasteiger partial charge in [0.2, 0.25) is 0 Å². The first kappa shape index (κ1) is 28.4. The molecule has 10 nitrogen and oxygen atoms in total. The van der Waals surface area contributed by atoms with Gasteiger partial charge in [0.1, 0.15) is 17.3 Å². The van der Waals surface area contributed by atoms with Crippen LogP contribution in [0.4, 0.5) is 0 Å². The van der Waals surface area contributed by atoms with E-state index in [0.717, 1.165) is 12.8 Å². The first-order valence-electron chi connectivity index (χ1n) is 15.0. The molecule has 1 spiro atoms. The second kappa shape index (κ2) is 9.56. The summed E-state index contributed by atoms with van der Waals surface area (Å²) in [5.74, 6) is -2.20. The van der Waals surface area contributed by atoms with Gasteiger partial charge in [0, 0.05) is 76.6 Å². The molecule has 1 aliphatic heterocycles. The fourth-order valence-electron chi connectivity index (χ4n) is 11.2. The van der Waals surface area contributed by atoms with Crippen molar-refractivity contribution < 1.29 is 43.1 Å². The van der Waals surface area contributed by atoms with E-state index in [9.17, 15) is 14.7 Å². The topological polar surface area (TPSA) is 122 Å². The number of fused-ring (bicyclic) bond motifs is 2. The summed E-state index contributed by atoms with van der Waals surface area (Å²) in [4.78, 5) is 31.9. The third-order valence-electron chi connectivity index (χ3n) is 12.1. The number of carbonyl (C=O) groups excluding carboxylic acids is 2. The van der Waals surface area contributed by atoms with Crippen LogP contribution in [0, 0.1) is 34.5 Å². The molecule has 13 atom stereocenters. The molecule has 1 aromatic rings. The Morgan fingerprint density at radius 1 is 1.00 bits per heavy atom. The lowest BCUT2D eigenvalue weighted by Crippen LogP contribution is -2.73. The predicted octanol–water partition coefficient (Wildman–Crippen LogP) is 2.46. The van der Waals surface area contributed by atoms with E-state index in [1.54, 1.807) is 52.7 Å². The van der Waals surface area contributed by atoms with E-state index in [4.69, 9.17) is 33.4 Å². The van der Waals surface area contributed by atoms with E-state index in [1.807, 2.05) is 6.07 Å². The molecular weight excluding hydrogens is 542 g/mol. The van der Waals surface area contributed by atoms with Gasteiger partial charge < -0.3 is 33.5 Å². The highest BCUT2D eigenvalue weighted by molar-refractivity contribution is 5.89. The number of nitrogens with zero attached hydrogens (tertiary/aromatic N) is 1. The minimum absolute atomic E-state index is 0.0713. The average Bonchev–Trinajstić information content (AvgIpc) is 3.33. The van der Waals surface area contributed by atoms with Crippen molar-refractivity contribution in [3.8, 4) is 0 Å². The molecule has 6 aliphatic rings. The Morgan fingerprint density at radius 3 is 2.38 bits per heavy atom.